The molecule has 1 aliphatic rings. The van der Waals surface area contributed by atoms with E-state index in [2.05, 4.69) is 14.8 Å². The maximum Gasteiger partial charge on any atom is 0.338 e. The van der Waals surface area contributed by atoms with Crippen molar-refractivity contribution in [3.63, 3.8) is 0 Å². The lowest BCUT2D eigenvalue weighted by Crippen LogP contribution is -2.48. The Hall–Kier alpha value is -1.44. The van der Waals surface area contributed by atoms with E-state index < -0.39 is 16.0 Å². The number of benzene rings is 1. The van der Waals surface area contributed by atoms with Crippen LogP contribution in [0.1, 0.15) is 29.3 Å². The first-order valence-corrected chi connectivity index (χ1v) is 8.75. The number of esters is 1. The molecule has 0 aliphatic carbocycles. The Balaban J connectivity index is 2.22. The highest BCUT2D eigenvalue weighted by Crippen LogP contribution is 2.19. The Kier molecular flexibility index (Phi) is 5.20. The fraction of sp³-hybridized carbons (Fsp3) is 0.533. The van der Waals surface area contributed by atoms with Crippen molar-refractivity contribution in [2.75, 3.05) is 20.2 Å². The normalized spacial score (nSPS) is 22.3. The number of methoxy groups -OCH3 is 1. The number of aryl methyl sites for hydroxylation is 1. The van der Waals surface area contributed by atoms with Gasteiger partial charge in [-0.15, -0.1) is 0 Å². The molecule has 0 spiro atoms. The van der Waals surface area contributed by atoms with E-state index in [9.17, 15) is 13.2 Å². The zero-order valence-corrected chi connectivity index (χ0v) is 13.9. The molecule has 0 bridgehead atoms. The number of sulfonamides is 1. The number of ether oxygens (including phenoxy) is 1. The van der Waals surface area contributed by atoms with Crippen LogP contribution in [0.5, 0.6) is 0 Å². The highest BCUT2D eigenvalue weighted by Gasteiger charge is 2.27. The van der Waals surface area contributed by atoms with Crippen molar-refractivity contribution in [3.8, 4) is 0 Å². The predicted octanol–water partition coefficient (Wildman–Crippen LogP) is 1.06. The van der Waals surface area contributed by atoms with E-state index >= 15 is 0 Å². The second-order valence-corrected chi connectivity index (χ2v) is 7.38. The van der Waals surface area contributed by atoms with E-state index in [-0.39, 0.29) is 16.9 Å². The summed E-state index contributed by atoms with van der Waals surface area (Å²) in [7, 11) is -2.30. The summed E-state index contributed by atoms with van der Waals surface area (Å²) in [6, 6.07) is 4.35. The lowest BCUT2D eigenvalue weighted by atomic mass is 9.97. The molecule has 6 nitrogen and oxygen atoms in total. The lowest BCUT2D eigenvalue weighted by Gasteiger charge is -2.30. The SMILES string of the molecule is COC(=O)c1ccc(S(=O)(=O)NC2CCNCC2C)cc1C. The molecular formula is C15H22N2O4S. The molecule has 1 aromatic rings. The van der Waals surface area contributed by atoms with Crippen LogP contribution in [0.25, 0.3) is 0 Å². The van der Waals surface area contributed by atoms with Gasteiger partial charge in [-0.2, -0.15) is 0 Å². The average molecular weight is 326 g/mol. The number of hydrogen-bond donors (Lipinski definition) is 2. The second-order valence-electron chi connectivity index (χ2n) is 5.67. The number of piperidine rings is 1. The summed E-state index contributed by atoms with van der Waals surface area (Å²) in [5, 5.41) is 3.24. The Morgan fingerprint density at radius 2 is 2.14 bits per heavy atom. The Morgan fingerprint density at radius 3 is 2.73 bits per heavy atom. The van der Waals surface area contributed by atoms with E-state index in [4.69, 9.17) is 0 Å². The van der Waals surface area contributed by atoms with Gasteiger partial charge < -0.3 is 10.1 Å². The quantitative estimate of drug-likeness (QED) is 0.808. The van der Waals surface area contributed by atoms with Gasteiger partial charge in [0.1, 0.15) is 0 Å². The standard InChI is InChI=1S/C15H22N2O4S/c1-10-8-12(4-5-13(10)15(18)21-3)22(19,20)17-14-6-7-16-9-11(14)2/h4-5,8,11,14,16-17H,6-7,9H2,1-3H3. The average Bonchev–Trinajstić information content (AvgIpc) is 2.48. The largest absolute Gasteiger partial charge is 0.465 e. The molecule has 2 atom stereocenters. The van der Waals surface area contributed by atoms with Gasteiger partial charge >= 0.3 is 5.97 Å². The zero-order valence-electron chi connectivity index (χ0n) is 13.0. The van der Waals surface area contributed by atoms with Crippen LogP contribution in [0.2, 0.25) is 0 Å². The summed E-state index contributed by atoms with van der Waals surface area (Å²) >= 11 is 0. The summed E-state index contributed by atoms with van der Waals surface area (Å²) < 4.78 is 32.4. The van der Waals surface area contributed by atoms with Crippen LogP contribution in [-0.2, 0) is 14.8 Å². The molecule has 0 aromatic heterocycles. The molecule has 1 heterocycles. The molecule has 1 aromatic carbocycles. The van der Waals surface area contributed by atoms with Crippen molar-refractivity contribution in [2.24, 2.45) is 5.92 Å². The summed E-state index contributed by atoms with van der Waals surface area (Å²) in [6.07, 6.45) is 0.764. The van der Waals surface area contributed by atoms with Crippen LogP contribution in [0.15, 0.2) is 23.1 Å². The molecule has 1 aliphatic heterocycles. The van der Waals surface area contributed by atoms with E-state index in [0.717, 1.165) is 19.5 Å². The third-order valence-corrected chi connectivity index (χ3v) is 5.49. The van der Waals surface area contributed by atoms with E-state index in [0.29, 0.717) is 11.1 Å². The van der Waals surface area contributed by atoms with Crippen LogP contribution in [0.3, 0.4) is 0 Å². The molecule has 0 amide bonds. The van der Waals surface area contributed by atoms with Gasteiger partial charge in [0.15, 0.2) is 0 Å². The van der Waals surface area contributed by atoms with E-state index in [1.54, 1.807) is 6.92 Å². The zero-order chi connectivity index (χ0) is 16.3. The number of nitrogens with one attached hydrogen (secondary N) is 2. The fourth-order valence-corrected chi connectivity index (χ4v) is 4.06. The Bertz CT molecular complexity index is 658. The van der Waals surface area contributed by atoms with E-state index in [1.807, 2.05) is 6.92 Å². The minimum atomic E-state index is -3.59. The van der Waals surface area contributed by atoms with Crippen LogP contribution >= 0.6 is 0 Å². The summed E-state index contributed by atoms with van der Waals surface area (Å²) in [6.45, 7) is 5.31. The lowest BCUT2D eigenvalue weighted by molar-refractivity contribution is 0.0600. The van der Waals surface area contributed by atoms with Crippen LogP contribution in [-0.4, -0.2) is 40.6 Å². The van der Waals surface area contributed by atoms with Crippen molar-refractivity contribution < 1.29 is 17.9 Å². The maximum absolute atomic E-state index is 12.5. The minimum absolute atomic E-state index is 0.0770. The van der Waals surface area contributed by atoms with Crippen LogP contribution in [0, 0.1) is 12.8 Å². The van der Waals surface area contributed by atoms with Gasteiger partial charge in [0.25, 0.3) is 0 Å². The third kappa shape index (κ3) is 3.66. The molecule has 22 heavy (non-hydrogen) atoms. The number of hydrogen-bond acceptors (Lipinski definition) is 5. The number of carbonyl (C=O) groups excluding carboxylic acids is 1. The smallest absolute Gasteiger partial charge is 0.338 e. The first-order chi connectivity index (χ1) is 10.3. The van der Waals surface area contributed by atoms with Gasteiger partial charge in [0.05, 0.1) is 17.6 Å². The van der Waals surface area contributed by atoms with Crippen molar-refractivity contribution in [1.29, 1.82) is 0 Å². The van der Waals surface area contributed by atoms with Crippen molar-refractivity contribution in [1.82, 2.24) is 10.0 Å². The predicted molar refractivity (Wildman–Crippen MR) is 83.3 cm³/mol. The molecule has 0 radical (unpaired) electrons. The monoisotopic (exact) mass is 326 g/mol. The van der Waals surface area contributed by atoms with Crippen molar-refractivity contribution in [3.05, 3.63) is 29.3 Å². The summed E-state index contributed by atoms with van der Waals surface area (Å²) in [5.41, 5.74) is 0.949. The molecule has 2 unspecified atom stereocenters. The minimum Gasteiger partial charge on any atom is -0.465 e. The van der Waals surface area contributed by atoms with E-state index in [1.165, 1.54) is 25.3 Å². The van der Waals surface area contributed by atoms with Crippen molar-refractivity contribution in [2.45, 2.75) is 31.2 Å². The number of carbonyl (C=O) groups is 1. The summed E-state index contributed by atoms with van der Waals surface area (Å²) in [4.78, 5) is 11.7. The Morgan fingerprint density at radius 1 is 1.41 bits per heavy atom. The molecule has 7 heteroatoms. The first kappa shape index (κ1) is 16.9. The molecule has 1 fully saturated rings. The molecule has 122 valence electrons. The third-order valence-electron chi connectivity index (χ3n) is 4.01. The summed E-state index contributed by atoms with van der Waals surface area (Å²) in [5.74, 6) is -0.236. The van der Waals surface area contributed by atoms with Gasteiger partial charge in [-0.05, 0) is 56.1 Å². The second kappa shape index (κ2) is 6.76. The molecule has 1 saturated heterocycles. The van der Waals surface area contributed by atoms with Crippen molar-refractivity contribution >= 4 is 16.0 Å². The van der Waals surface area contributed by atoms with Crippen LogP contribution in [0.4, 0.5) is 0 Å². The van der Waals surface area contributed by atoms with Gasteiger partial charge in [0, 0.05) is 6.04 Å². The van der Waals surface area contributed by atoms with Gasteiger partial charge in [-0.25, -0.2) is 17.9 Å². The van der Waals surface area contributed by atoms with Gasteiger partial charge in [0.2, 0.25) is 10.0 Å². The van der Waals surface area contributed by atoms with Gasteiger partial charge in [-0.1, -0.05) is 6.92 Å². The maximum atomic E-state index is 12.5. The molecular weight excluding hydrogens is 304 g/mol. The van der Waals surface area contributed by atoms with Gasteiger partial charge in [-0.3, -0.25) is 0 Å². The number of rotatable bonds is 4. The molecule has 2 rings (SSSR count). The molecule has 2 N–H and O–H groups in total. The highest BCUT2D eigenvalue weighted by atomic mass is 32.2. The fourth-order valence-electron chi connectivity index (χ4n) is 2.60. The highest BCUT2D eigenvalue weighted by molar-refractivity contribution is 7.89. The van der Waals surface area contributed by atoms with Crippen LogP contribution < -0.4 is 10.0 Å². The first-order valence-electron chi connectivity index (χ1n) is 7.27. The molecule has 0 saturated carbocycles. The Labute approximate surface area is 131 Å². The topological polar surface area (TPSA) is 84.5 Å².